The Morgan fingerprint density at radius 2 is 2.17 bits per heavy atom. The third kappa shape index (κ3) is 3.39. The van der Waals surface area contributed by atoms with E-state index in [-0.39, 0.29) is 5.92 Å². The fraction of sp³-hybridized carbons (Fsp3) is 0.286. The Kier molecular flexibility index (Phi) is 4.46. The first-order valence-corrected chi connectivity index (χ1v) is 6.77. The Morgan fingerprint density at radius 3 is 2.89 bits per heavy atom. The van der Waals surface area contributed by atoms with E-state index < -0.39 is 0 Å². The summed E-state index contributed by atoms with van der Waals surface area (Å²) in [4.78, 5) is 4.58. The molecule has 1 aromatic heterocycles. The number of hydrogen-bond donors (Lipinski definition) is 1. The predicted molar refractivity (Wildman–Crippen MR) is 74.0 cm³/mol. The molecule has 0 bridgehead atoms. The van der Waals surface area contributed by atoms with Gasteiger partial charge in [-0.15, -0.1) is 11.3 Å². The minimum absolute atomic E-state index is 0.0403. The van der Waals surface area contributed by atoms with E-state index in [2.05, 4.69) is 33.9 Å². The molecule has 2 aromatic rings. The van der Waals surface area contributed by atoms with Crippen LogP contribution in [0.15, 0.2) is 35.7 Å². The van der Waals surface area contributed by atoms with Crippen molar-refractivity contribution < 1.29 is 0 Å². The second-order valence-corrected chi connectivity index (χ2v) is 5.10. The summed E-state index contributed by atoms with van der Waals surface area (Å²) in [6, 6.07) is 12.4. The van der Waals surface area contributed by atoms with Gasteiger partial charge in [0.15, 0.2) is 0 Å². The van der Waals surface area contributed by atoms with E-state index in [0.29, 0.717) is 6.54 Å². The third-order valence-electron chi connectivity index (χ3n) is 2.57. The second-order valence-electron chi connectivity index (χ2n) is 4.15. The molecule has 0 aliphatic carbocycles. The van der Waals surface area contributed by atoms with Crippen LogP contribution in [-0.4, -0.2) is 11.5 Å². The van der Waals surface area contributed by atoms with Crippen LogP contribution >= 0.6 is 11.3 Å². The highest BCUT2D eigenvalue weighted by Gasteiger charge is 2.04. The van der Waals surface area contributed by atoms with Gasteiger partial charge in [-0.3, -0.25) is 0 Å². The molecule has 0 radical (unpaired) electrons. The topological polar surface area (TPSA) is 48.7 Å². The van der Waals surface area contributed by atoms with Crippen molar-refractivity contribution in [3.8, 4) is 17.3 Å². The van der Waals surface area contributed by atoms with E-state index in [0.717, 1.165) is 22.8 Å². The molecular weight excluding hydrogens is 242 g/mol. The van der Waals surface area contributed by atoms with Gasteiger partial charge in [-0.1, -0.05) is 30.3 Å². The Labute approximate surface area is 111 Å². The summed E-state index contributed by atoms with van der Waals surface area (Å²) < 4.78 is 0. The molecule has 1 N–H and O–H groups in total. The molecule has 4 heteroatoms. The molecule has 3 nitrogen and oxygen atoms in total. The normalized spacial score (nSPS) is 12.0. The third-order valence-corrected chi connectivity index (χ3v) is 3.42. The van der Waals surface area contributed by atoms with Crippen LogP contribution in [0.3, 0.4) is 0 Å². The zero-order chi connectivity index (χ0) is 12.8. The molecule has 0 fully saturated rings. The van der Waals surface area contributed by atoms with Gasteiger partial charge in [0.2, 0.25) is 0 Å². The number of rotatable bonds is 5. The highest BCUT2D eigenvalue weighted by Crippen LogP contribution is 2.21. The van der Waals surface area contributed by atoms with Crippen LogP contribution in [0.2, 0.25) is 0 Å². The zero-order valence-electron chi connectivity index (χ0n) is 10.3. The van der Waals surface area contributed by atoms with Gasteiger partial charge in [0.1, 0.15) is 5.01 Å². The van der Waals surface area contributed by atoms with Crippen LogP contribution in [0.1, 0.15) is 11.9 Å². The predicted octanol–water partition coefficient (Wildman–Crippen LogP) is 3.06. The molecule has 0 amide bonds. The number of nitriles is 1. The molecule has 2 rings (SSSR count). The highest BCUT2D eigenvalue weighted by molar-refractivity contribution is 7.09. The van der Waals surface area contributed by atoms with Gasteiger partial charge in [0.25, 0.3) is 0 Å². The summed E-state index contributed by atoms with van der Waals surface area (Å²) in [5, 5.41) is 15.0. The zero-order valence-corrected chi connectivity index (χ0v) is 11.1. The lowest BCUT2D eigenvalue weighted by molar-refractivity contribution is 0.600. The minimum atomic E-state index is 0.0403. The van der Waals surface area contributed by atoms with E-state index in [4.69, 9.17) is 5.26 Å². The monoisotopic (exact) mass is 257 g/mol. The van der Waals surface area contributed by atoms with Gasteiger partial charge in [0, 0.05) is 24.0 Å². The molecule has 18 heavy (non-hydrogen) atoms. The maximum absolute atomic E-state index is 8.68. The van der Waals surface area contributed by atoms with E-state index >= 15 is 0 Å². The van der Waals surface area contributed by atoms with Gasteiger partial charge in [-0.2, -0.15) is 5.26 Å². The smallest absolute Gasteiger partial charge is 0.107 e. The van der Waals surface area contributed by atoms with Crippen LogP contribution in [0.4, 0.5) is 0 Å². The Bertz CT molecular complexity index is 527. The van der Waals surface area contributed by atoms with Gasteiger partial charge >= 0.3 is 0 Å². The first-order valence-electron chi connectivity index (χ1n) is 5.89. The lowest BCUT2D eigenvalue weighted by Crippen LogP contribution is -2.19. The average molecular weight is 257 g/mol. The van der Waals surface area contributed by atoms with E-state index in [1.807, 2.05) is 25.1 Å². The molecule has 0 aliphatic heterocycles. The van der Waals surface area contributed by atoms with Gasteiger partial charge in [-0.25, -0.2) is 4.98 Å². The largest absolute Gasteiger partial charge is 0.309 e. The van der Waals surface area contributed by atoms with Crippen molar-refractivity contribution in [1.29, 1.82) is 5.26 Å². The fourth-order valence-corrected chi connectivity index (χ4v) is 2.35. The van der Waals surface area contributed by atoms with Crippen molar-refractivity contribution >= 4 is 11.3 Å². The Morgan fingerprint density at radius 1 is 1.39 bits per heavy atom. The number of hydrogen-bond acceptors (Lipinski definition) is 4. The summed E-state index contributed by atoms with van der Waals surface area (Å²) in [5.74, 6) is 0.0403. The van der Waals surface area contributed by atoms with Gasteiger partial charge < -0.3 is 5.32 Å². The molecule has 0 aliphatic rings. The van der Waals surface area contributed by atoms with Crippen molar-refractivity contribution in [2.24, 2.45) is 5.92 Å². The summed E-state index contributed by atoms with van der Waals surface area (Å²) >= 11 is 1.65. The average Bonchev–Trinajstić information content (AvgIpc) is 2.88. The maximum Gasteiger partial charge on any atom is 0.107 e. The number of nitrogens with zero attached hydrogens (tertiary/aromatic N) is 2. The lowest BCUT2D eigenvalue weighted by atomic mass is 10.2. The van der Waals surface area contributed by atoms with E-state index in [1.165, 1.54) is 0 Å². The Hall–Kier alpha value is -1.70. The number of nitrogens with one attached hydrogen (secondary N) is 1. The van der Waals surface area contributed by atoms with Crippen molar-refractivity contribution in [2.45, 2.75) is 13.5 Å². The van der Waals surface area contributed by atoms with Crippen molar-refractivity contribution in [2.75, 3.05) is 6.54 Å². The van der Waals surface area contributed by atoms with Gasteiger partial charge in [0.05, 0.1) is 17.7 Å². The van der Waals surface area contributed by atoms with Crippen LogP contribution in [0, 0.1) is 17.2 Å². The summed E-state index contributed by atoms with van der Waals surface area (Å²) in [6.45, 7) is 3.34. The molecule has 0 saturated heterocycles. The van der Waals surface area contributed by atoms with Crippen molar-refractivity contribution in [3.63, 3.8) is 0 Å². The highest BCUT2D eigenvalue weighted by atomic mass is 32.1. The minimum Gasteiger partial charge on any atom is -0.309 e. The quantitative estimate of drug-likeness (QED) is 0.895. The molecule has 1 atom stereocenters. The van der Waals surface area contributed by atoms with E-state index in [9.17, 15) is 0 Å². The lowest BCUT2D eigenvalue weighted by Gasteiger charge is -2.02. The first kappa shape index (κ1) is 12.7. The van der Waals surface area contributed by atoms with Crippen LogP contribution < -0.4 is 5.32 Å². The van der Waals surface area contributed by atoms with Crippen molar-refractivity contribution in [1.82, 2.24) is 10.3 Å². The van der Waals surface area contributed by atoms with Gasteiger partial charge in [-0.05, 0) is 6.92 Å². The van der Waals surface area contributed by atoms with Crippen LogP contribution in [-0.2, 0) is 6.54 Å². The number of benzene rings is 1. The standard InChI is InChI=1S/C14H15N3S/c1-11(7-15)8-16-9-14-17-13(10-18-14)12-5-3-2-4-6-12/h2-6,10-11,16H,8-9H2,1H3. The summed E-state index contributed by atoms with van der Waals surface area (Å²) in [6.07, 6.45) is 0. The van der Waals surface area contributed by atoms with Crippen molar-refractivity contribution in [3.05, 3.63) is 40.7 Å². The number of thiazole rings is 1. The second kappa shape index (κ2) is 6.29. The number of aromatic nitrogens is 1. The molecular formula is C14H15N3S. The molecule has 1 unspecified atom stereocenters. The molecule has 1 heterocycles. The van der Waals surface area contributed by atoms with Crippen LogP contribution in [0.25, 0.3) is 11.3 Å². The SMILES string of the molecule is CC(C#N)CNCc1nc(-c2ccccc2)cs1. The summed E-state index contributed by atoms with van der Waals surface area (Å²) in [5.41, 5.74) is 2.16. The van der Waals surface area contributed by atoms with Crippen LogP contribution in [0.5, 0.6) is 0 Å². The molecule has 0 saturated carbocycles. The first-order chi connectivity index (χ1) is 8.79. The molecule has 1 aromatic carbocycles. The maximum atomic E-state index is 8.68. The fourth-order valence-electron chi connectivity index (χ4n) is 1.57. The van der Waals surface area contributed by atoms with E-state index in [1.54, 1.807) is 11.3 Å². The Balaban J connectivity index is 1.93. The molecule has 0 spiro atoms. The summed E-state index contributed by atoms with van der Waals surface area (Å²) in [7, 11) is 0. The molecule has 92 valence electrons.